The molecule has 1 aromatic heterocycles. The molecule has 180 valence electrons. The number of carbonyl (C=O) groups excluding carboxylic acids is 2. The Bertz CT molecular complexity index is 861. The highest BCUT2D eigenvalue weighted by molar-refractivity contribution is 5.73. The van der Waals surface area contributed by atoms with Gasteiger partial charge in [0.25, 0.3) is 6.47 Å². The van der Waals surface area contributed by atoms with Crippen LogP contribution in [0, 0.1) is 5.41 Å². The number of allylic oxidation sites excluding steroid dienone is 3. The minimum atomic E-state index is -0.440. The highest BCUT2D eigenvalue weighted by atomic mass is 19.1. The lowest BCUT2D eigenvalue weighted by Crippen LogP contribution is -2.29. The number of pyridine rings is 1. The molecule has 10 nitrogen and oxygen atoms in total. The van der Waals surface area contributed by atoms with Gasteiger partial charge >= 0.3 is 6.09 Å². The van der Waals surface area contributed by atoms with Gasteiger partial charge in [-0.05, 0) is 31.2 Å². The summed E-state index contributed by atoms with van der Waals surface area (Å²) in [5.41, 5.74) is 1.33. The van der Waals surface area contributed by atoms with Gasteiger partial charge < -0.3 is 25.0 Å². The number of anilines is 1. The molecule has 1 aliphatic carbocycles. The molecule has 0 bridgehead atoms. The van der Waals surface area contributed by atoms with Crippen LogP contribution >= 0.6 is 0 Å². The van der Waals surface area contributed by atoms with Crippen LogP contribution in [0.15, 0.2) is 42.0 Å². The Kier molecular flexibility index (Phi) is 10.3. The third-order valence-corrected chi connectivity index (χ3v) is 5.07. The molecule has 1 aromatic rings. The van der Waals surface area contributed by atoms with Gasteiger partial charge in [0, 0.05) is 44.5 Å². The fraction of sp³-hybridized carbons (Fsp3) is 0.455. The zero-order valence-electron chi connectivity index (χ0n) is 19.1. The molecule has 11 heteroatoms. The van der Waals surface area contributed by atoms with Crippen molar-refractivity contribution >= 4 is 24.7 Å². The van der Waals surface area contributed by atoms with Crippen LogP contribution in [-0.4, -0.2) is 87.2 Å². The number of amides is 1. The van der Waals surface area contributed by atoms with Gasteiger partial charge in [-0.25, -0.2) is 14.2 Å². The average Bonchev–Trinajstić information content (AvgIpc) is 3.19. The van der Waals surface area contributed by atoms with Crippen LogP contribution in [0.2, 0.25) is 0 Å². The van der Waals surface area contributed by atoms with Gasteiger partial charge in [0.1, 0.15) is 17.7 Å². The van der Waals surface area contributed by atoms with Crippen molar-refractivity contribution in [2.24, 2.45) is 0 Å². The predicted octanol–water partition coefficient (Wildman–Crippen LogP) is 2.09. The van der Waals surface area contributed by atoms with Crippen LogP contribution in [0.25, 0.3) is 0 Å². The van der Waals surface area contributed by atoms with E-state index in [1.807, 2.05) is 25.3 Å². The second kappa shape index (κ2) is 13.2. The first-order valence-electron chi connectivity index (χ1n) is 10.5. The first kappa shape index (κ1) is 25.8. The molecule has 0 saturated carbocycles. The average molecular weight is 463 g/mol. The van der Waals surface area contributed by atoms with Gasteiger partial charge in [0.05, 0.1) is 20.0 Å². The molecule has 2 atom stereocenters. The lowest BCUT2D eigenvalue weighted by atomic mass is 9.91. The second-order valence-electron chi connectivity index (χ2n) is 7.47. The van der Waals surface area contributed by atoms with Gasteiger partial charge in [0.2, 0.25) is 0 Å². The molecule has 1 fully saturated rings. The smallest absolute Gasteiger partial charge is 0.414 e. The molecule has 3 rings (SSSR count). The topological polar surface area (TPSA) is 120 Å². The van der Waals surface area contributed by atoms with Gasteiger partial charge in [-0.3, -0.25) is 15.1 Å². The molecule has 1 amide bonds. The van der Waals surface area contributed by atoms with Crippen LogP contribution < -0.4 is 10.6 Å². The van der Waals surface area contributed by atoms with E-state index in [0.717, 1.165) is 5.56 Å². The zero-order valence-corrected chi connectivity index (χ0v) is 19.1. The van der Waals surface area contributed by atoms with Crippen molar-refractivity contribution in [3.8, 4) is 0 Å². The van der Waals surface area contributed by atoms with Crippen molar-refractivity contribution in [2.45, 2.75) is 18.4 Å². The summed E-state index contributed by atoms with van der Waals surface area (Å²) >= 11 is 0. The number of cyclic esters (lactones) is 1. The van der Waals surface area contributed by atoms with Gasteiger partial charge in [0.15, 0.2) is 0 Å². The van der Waals surface area contributed by atoms with Crippen molar-refractivity contribution in [3.05, 3.63) is 47.6 Å². The SMILES string of the molecule is CNCC1CN(C2=CCC(c3ccc(NCCN(C)C=N)nc3)C(F)=C2)C(=O)O1.COC=O. The Morgan fingerprint density at radius 3 is 2.79 bits per heavy atom. The highest BCUT2D eigenvalue weighted by Crippen LogP contribution is 2.35. The first-order valence-corrected chi connectivity index (χ1v) is 10.5. The van der Waals surface area contributed by atoms with Gasteiger partial charge in [-0.1, -0.05) is 12.1 Å². The quantitative estimate of drug-likeness (QED) is 0.275. The molecule has 2 aliphatic rings. The monoisotopic (exact) mass is 462 g/mol. The van der Waals surface area contributed by atoms with Crippen molar-refractivity contribution in [1.82, 2.24) is 20.1 Å². The van der Waals surface area contributed by atoms with E-state index in [-0.39, 0.29) is 11.9 Å². The Balaban J connectivity index is 0.000000890. The third-order valence-electron chi connectivity index (χ3n) is 5.07. The van der Waals surface area contributed by atoms with E-state index in [4.69, 9.17) is 14.9 Å². The normalized spacial score (nSPS) is 19.4. The molecular weight excluding hydrogens is 431 g/mol. The van der Waals surface area contributed by atoms with E-state index in [2.05, 4.69) is 20.4 Å². The Morgan fingerprint density at radius 1 is 1.45 bits per heavy atom. The number of nitrogens with one attached hydrogen (secondary N) is 3. The summed E-state index contributed by atoms with van der Waals surface area (Å²) in [6.07, 6.45) is 6.01. The van der Waals surface area contributed by atoms with E-state index >= 15 is 0 Å². The van der Waals surface area contributed by atoms with Crippen LogP contribution in [0.5, 0.6) is 0 Å². The fourth-order valence-corrected chi connectivity index (χ4v) is 3.34. The maximum absolute atomic E-state index is 14.8. The number of aromatic nitrogens is 1. The summed E-state index contributed by atoms with van der Waals surface area (Å²) in [5.74, 6) is 0.0116. The summed E-state index contributed by atoms with van der Waals surface area (Å²) in [7, 11) is 4.94. The zero-order chi connectivity index (χ0) is 24.2. The number of rotatable bonds is 10. The van der Waals surface area contributed by atoms with Crippen molar-refractivity contribution < 1.29 is 23.5 Å². The van der Waals surface area contributed by atoms with E-state index in [1.54, 1.807) is 18.1 Å². The molecule has 0 radical (unpaired) electrons. The summed E-state index contributed by atoms with van der Waals surface area (Å²) in [6, 6.07) is 3.69. The number of halogens is 1. The van der Waals surface area contributed by atoms with E-state index in [0.29, 0.717) is 50.6 Å². The van der Waals surface area contributed by atoms with Crippen molar-refractivity contribution in [2.75, 3.05) is 52.7 Å². The number of ether oxygens (including phenoxy) is 2. The minimum Gasteiger partial charge on any atom is -0.471 e. The summed E-state index contributed by atoms with van der Waals surface area (Å²) in [4.78, 5) is 28.6. The minimum absolute atomic E-state index is 0.231. The maximum atomic E-state index is 14.8. The third kappa shape index (κ3) is 7.56. The lowest BCUT2D eigenvalue weighted by Gasteiger charge is -2.23. The summed E-state index contributed by atoms with van der Waals surface area (Å²) in [6.45, 7) is 2.69. The number of methoxy groups -OCH3 is 1. The predicted molar refractivity (Wildman–Crippen MR) is 123 cm³/mol. The van der Waals surface area contributed by atoms with E-state index in [1.165, 1.54) is 24.4 Å². The van der Waals surface area contributed by atoms with Crippen molar-refractivity contribution in [3.63, 3.8) is 0 Å². The fourth-order valence-electron chi connectivity index (χ4n) is 3.34. The number of carbonyl (C=O) groups is 2. The highest BCUT2D eigenvalue weighted by Gasteiger charge is 2.34. The molecule has 0 spiro atoms. The number of likely N-dealkylation sites (N-methyl/N-ethyl adjacent to an activating group) is 2. The standard InChI is InChI=1S/C20H27FN6O2.C2H4O2/c1-23-11-16-12-27(20(28)29-16)15-4-5-17(18(21)9-15)14-3-6-19(25-10-14)24-7-8-26(2)13-22;1-4-2-3/h3-4,6,9-10,13,16-17,22-23H,5,7-8,11-12H2,1-2H3,(H,24,25);2H,1H3. The molecule has 3 N–H and O–H groups in total. The Labute approximate surface area is 192 Å². The molecular formula is C22H31FN6O4. The molecule has 1 aliphatic heterocycles. The van der Waals surface area contributed by atoms with E-state index < -0.39 is 12.0 Å². The number of hydrogen-bond donors (Lipinski definition) is 3. The molecule has 1 saturated heterocycles. The van der Waals surface area contributed by atoms with E-state index in [9.17, 15) is 9.18 Å². The molecule has 33 heavy (non-hydrogen) atoms. The second-order valence-corrected chi connectivity index (χ2v) is 7.47. The van der Waals surface area contributed by atoms with Crippen LogP contribution in [-0.2, 0) is 14.3 Å². The maximum Gasteiger partial charge on any atom is 0.414 e. The van der Waals surface area contributed by atoms with Gasteiger partial charge in [-0.2, -0.15) is 0 Å². The lowest BCUT2D eigenvalue weighted by molar-refractivity contribution is -0.126. The molecule has 2 unspecified atom stereocenters. The van der Waals surface area contributed by atoms with Crippen molar-refractivity contribution in [1.29, 1.82) is 5.41 Å². The summed E-state index contributed by atoms with van der Waals surface area (Å²) < 4.78 is 23.9. The number of hydrogen-bond acceptors (Lipinski definition) is 8. The summed E-state index contributed by atoms with van der Waals surface area (Å²) in [5, 5.41) is 13.3. The Hall–Kier alpha value is -3.47. The molecule has 0 aromatic carbocycles. The Morgan fingerprint density at radius 2 is 2.21 bits per heavy atom. The number of nitrogens with zero attached hydrogens (tertiary/aromatic N) is 3. The van der Waals surface area contributed by atoms with Gasteiger partial charge in [-0.15, -0.1) is 0 Å². The first-order chi connectivity index (χ1) is 15.9. The van der Waals surface area contributed by atoms with Crippen LogP contribution in [0.4, 0.5) is 15.0 Å². The molecule has 2 heterocycles. The van der Waals surface area contributed by atoms with Crippen LogP contribution in [0.3, 0.4) is 0 Å². The van der Waals surface area contributed by atoms with Crippen LogP contribution in [0.1, 0.15) is 17.9 Å². The largest absolute Gasteiger partial charge is 0.471 e.